The molecule has 0 aliphatic carbocycles. The van der Waals surface area contributed by atoms with Crippen molar-refractivity contribution in [2.75, 3.05) is 0 Å². The Morgan fingerprint density at radius 3 is 2.17 bits per heavy atom. The number of hydrogen-bond donors (Lipinski definition) is 0. The van der Waals surface area contributed by atoms with Gasteiger partial charge in [-0.15, -0.1) is 35.9 Å². The van der Waals surface area contributed by atoms with Crippen molar-refractivity contribution >= 4 is 82.1 Å². The van der Waals surface area contributed by atoms with Gasteiger partial charge in [-0.3, -0.25) is 4.98 Å². The molecule has 7 heteroatoms. The number of aromatic nitrogens is 5. The molecule has 0 spiro atoms. The molecule has 5 aromatic heterocycles. The number of hydrogen-bond acceptors (Lipinski definition) is 2. The summed E-state index contributed by atoms with van der Waals surface area (Å²) in [5, 5.41) is 7.27. The van der Waals surface area contributed by atoms with Crippen LogP contribution in [0.25, 0.3) is 99.2 Å². The van der Waals surface area contributed by atoms with Crippen molar-refractivity contribution < 1.29 is 29.1 Å². The molecule has 5 heterocycles. The van der Waals surface area contributed by atoms with Crippen LogP contribution >= 0.6 is 0 Å². The first kappa shape index (κ1) is 31.5. The van der Waals surface area contributed by atoms with Gasteiger partial charge in [-0.2, -0.15) is 30.3 Å². The average molecular weight is 860 g/mol. The van der Waals surface area contributed by atoms with Gasteiger partial charge < -0.3 is 22.5 Å². The summed E-state index contributed by atoms with van der Waals surface area (Å²) in [6, 6.07) is 54.6. The van der Waals surface area contributed by atoms with E-state index in [0.29, 0.717) is 0 Å². The van der Waals surface area contributed by atoms with Gasteiger partial charge in [0, 0.05) is 34.0 Å². The Balaban J connectivity index is 0.000000173. The zero-order chi connectivity index (χ0) is 34.5. The van der Waals surface area contributed by atoms with Gasteiger partial charge in [0.1, 0.15) is 11.2 Å². The first-order valence-electron chi connectivity index (χ1n) is 17.4. The maximum Gasteiger partial charge on any atom is 3.00 e. The molecule has 12 rings (SSSR count). The normalized spacial score (nSPS) is 11.8. The van der Waals surface area contributed by atoms with E-state index in [1.807, 2.05) is 76.8 Å². The van der Waals surface area contributed by atoms with Gasteiger partial charge in [0.15, 0.2) is 0 Å². The molecule has 0 aliphatic heterocycles. The first-order chi connectivity index (χ1) is 25.6. The summed E-state index contributed by atoms with van der Waals surface area (Å²) in [7, 11) is 4.08. The molecule has 0 unspecified atom stereocenters. The van der Waals surface area contributed by atoms with Crippen LogP contribution in [-0.2, 0) is 34.2 Å². The van der Waals surface area contributed by atoms with Crippen molar-refractivity contribution in [2.45, 2.75) is 0 Å². The van der Waals surface area contributed by atoms with E-state index in [1.165, 1.54) is 43.6 Å². The monoisotopic (exact) mass is 860 g/mol. The van der Waals surface area contributed by atoms with E-state index in [2.05, 4.69) is 113 Å². The van der Waals surface area contributed by atoms with Crippen LogP contribution in [0.1, 0.15) is 0 Å². The summed E-state index contributed by atoms with van der Waals surface area (Å²) in [4.78, 5) is 4.97. The molecule has 0 N–H and O–H groups in total. The number of imidazole rings is 2. The van der Waals surface area contributed by atoms with Gasteiger partial charge in [0.05, 0.1) is 56.9 Å². The third kappa shape index (κ3) is 4.54. The van der Waals surface area contributed by atoms with Gasteiger partial charge in [-0.05, 0) is 30.3 Å². The third-order valence-electron chi connectivity index (χ3n) is 10.4. The minimum Gasteiger partial charge on any atom is -0.456 e. The Labute approximate surface area is 317 Å². The molecule has 0 saturated carbocycles. The Hall–Kier alpha value is -6.27. The quantitative estimate of drug-likeness (QED) is 0.128. The van der Waals surface area contributed by atoms with Crippen molar-refractivity contribution in [3.8, 4) is 17.1 Å². The molecule has 12 aromatic rings. The Bertz CT molecular complexity index is 3320. The third-order valence-corrected chi connectivity index (χ3v) is 10.4. The van der Waals surface area contributed by atoms with Gasteiger partial charge >= 0.3 is 20.1 Å². The summed E-state index contributed by atoms with van der Waals surface area (Å²) in [5.74, 6) is 0.902. The van der Waals surface area contributed by atoms with Crippen molar-refractivity contribution in [2.24, 2.45) is 14.1 Å². The van der Waals surface area contributed by atoms with E-state index in [9.17, 15) is 0 Å². The van der Waals surface area contributed by atoms with Crippen molar-refractivity contribution in [3.63, 3.8) is 0 Å². The number of aryl methyl sites for hydroxylation is 2. The number of para-hydroxylation sites is 5. The van der Waals surface area contributed by atoms with E-state index in [0.717, 1.165) is 55.6 Å². The minimum absolute atomic E-state index is 0. The van der Waals surface area contributed by atoms with Crippen LogP contribution in [0.5, 0.6) is 0 Å². The predicted molar refractivity (Wildman–Crippen MR) is 209 cm³/mol. The molecule has 0 bridgehead atoms. The number of benzene rings is 7. The van der Waals surface area contributed by atoms with Crippen LogP contribution in [0.4, 0.5) is 0 Å². The number of furan rings is 1. The number of fused-ring (bicyclic) bond motifs is 12. The second-order valence-corrected chi connectivity index (χ2v) is 13.3. The van der Waals surface area contributed by atoms with Crippen LogP contribution in [0.2, 0.25) is 0 Å². The number of rotatable bonds is 2. The largest absolute Gasteiger partial charge is 3.00 e. The van der Waals surface area contributed by atoms with Gasteiger partial charge in [0.2, 0.25) is 6.33 Å². The summed E-state index contributed by atoms with van der Waals surface area (Å²) in [5.41, 5.74) is 11.8. The van der Waals surface area contributed by atoms with Crippen molar-refractivity contribution in [1.29, 1.82) is 0 Å². The van der Waals surface area contributed by atoms with Gasteiger partial charge in [-0.25, -0.2) is 0 Å². The first-order valence-corrected chi connectivity index (χ1v) is 17.4. The standard InChI is InChI=1S/C32H18N3O.C14H11N2.Ir/c1-34-31-24(33-32(34)18-8-3-2-4-9-18)14-15-27-29(31)23-16-26-22(17-28(23)36-27)21-12-7-11-20-19-10-5-6-13-25(19)35(26)30(20)21;1-15-11-16(12-7-3-2-4-8-12)14-10-6-5-9-13(14)15;/h2-8,10-17H,1H3;2-7,9-10H,1H3;/q2*-1;+3. The van der Waals surface area contributed by atoms with Crippen LogP contribution in [0, 0.1) is 18.5 Å². The molecule has 0 fully saturated rings. The van der Waals surface area contributed by atoms with E-state index < -0.39 is 0 Å². The summed E-state index contributed by atoms with van der Waals surface area (Å²) >= 11 is 0. The topological polar surface area (TPSA) is 44.2 Å². The predicted octanol–water partition coefficient (Wildman–Crippen LogP) is 10.1. The molecule has 252 valence electrons. The molecule has 7 aromatic carbocycles. The molecule has 0 amide bonds. The summed E-state index contributed by atoms with van der Waals surface area (Å²) in [6.45, 7) is 0. The molecule has 0 aliphatic rings. The maximum absolute atomic E-state index is 6.46. The fourth-order valence-corrected chi connectivity index (χ4v) is 8.16. The fraction of sp³-hybridized carbons (Fsp3) is 0.0435. The second-order valence-electron chi connectivity index (χ2n) is 13.3. The Morgan fingerprint density at radius 2 is 1.36 bits per heavy atom. The zero-order valence-electron chi connectivity index (χ0n) is 28.8. The van der Waals surface area contributed by atoms with Crippen LogP contribution in [0.3, 0.4) is 0 Å². The van der Waals surface area contributed by atoms with E-state index in [-0.39, 0.29) is 20.1 Å². The maximum atomic E-state index is 6.46. The Kier molecular flexibility index (Phi) is 7.06. The van der Waals surface area contributed by atoms with Crippen molar-refractivity contribution in [1.82, 2.24) is 18.5 Å². The molecule has 53 heavy (non-hydrogen) atoms. The molecule has 0 saturated heterocycles. The van der Waals surface area contributed by atoms with Crippen LogP contribution in [0.15, 0.2) is 144 Å². The molecule has 0 radical (unpaired) electrons. The smallest absolute Gasteiger partial charge is 0.456 e. The summed E-state index contributed by atoms with van der Waals surface area (Å²) < 4.78 is 15.1. The van der Waals surface area contributed by atoms with Gasteiger partial charge in [-0.1, -0.05) is 66.4 Å². The zero-order valence-corrected chi connectivity index (χ0v) is 31.2. The molecular weight excluding hydrogens is 831 g/mol. The average Bonchev–Trinajstić information content (AvgIpc) is 3.99. The van der Waals surface area contributed by atoms with Gasteiger partial charge in [0.25, 0.3) is 0 Å². The van der Waals surface area contributed by atoms with Crippen LogP contribution < -0.4 is 4.57 Å². The SMILES string of the molecule is C[n+]1[c-]n(-c2[c-]cccc2)c2ccccc21.Cn1c(-c2[c-]cccc2)nc2ccc3oc4cc5c6cccc7c8ccccc8n(c5cc4c3c21)c76.[Ir+3]. The number of nitrogens with zero attached hydrogens (tertiary/aromatic N) is 5. The van der Waals surface area contributed by atoms with E-state index in [1.54, 1.807) is 0 Å². The summed E-state index contributed by atoms with van der Waals surface area (Å²) in [6.07, 6.45) is 3.27. The second kappa shape index (κ2) is 11.9. The fourth-order valence-electron chi connectivity index (χ4n) is 8.16. The molecular formula is C46H29IrN5O+. The Morgan fingerprint density at radius 1 is 0.623 bits per heavy atom. The minimum atomic E-state index is 0. The van der Waals surface area contributed by atoms with Crippen LogP contribution in [-0.4, -0.2) is 18.5 Å². The molecule has 0 atom stereocenters. The van der Waals surface area contributed by atoms with E-state index in [4.69, 9.17) is 9.40 Å². The van der Waals surface area contributed by atoms with E-state index >= 15 is 0 Å². The van der Waals surface area contributed by atoms with Crippen molar-refractivity contribution in [3.05, 3.63) is 158 Å². The molecule has 6 nitrogen and oxygen atoms in total.